The van der Waals surface area contributed by atoms with E-state index >= 15 is 0 Å². The summed E-state index contributed by atoms with van der Waals surface area (Å²) in [5, 5.41) is 16.2. The number of alkyl halides is 2. The maximum Gasteiger partial charge on any atom is 0.341 e. The molecule has 128 valence electrons. The van der Waals surface area contributed by atoms with Crippen LogP contribution in [-0.4, -0.2) is 26.8 Å². The Kier molecular flexibility index (Phi) is 4.03. The van der Waals surface area contributed by atoms with Crippen molar-refractivity contribution in [3.8, 4) is 0 Å². The van der Waals surface area contributed by atoms with Gasteiger partial charge in [0.25, 0.3) is 5.92 Å². The number of carboxylic acids is 1. The Morgan fingerprint density at radius 1 is 1.42 bits per heavy atom. The van der Waals surface area contributed by atoms with Gasteiger partial charge in [0, 0.05) is 13.3 Å². The molecule has 0 fully saturated rings. The van der Waals surface area contributed by atoms with Crippen molar-refractivity contribution in [3.05, 3.63) is 47.2 Å². The van der Waals surface area contributed by atoms with E-state index in [4.69, 9.17) is 0 Å². The van der Waals surface area contributed by atoms with Crippen molar-refractivity contribution < 1.29 is 18.7 Å². The maximum atomic E-state index is 14.1. The molecule has 3 rings (SSSR count). The van der Waals surface area contributed by atoms with Gasteiger partial charge in [0.2, 0.25) is 0 Å². The van der Waals surface area contributed by atoms with Crippen LogP contribution in [0, 0.1) is 0 Å². The molecular weight excluding hydrogens is 316 g/mol. The smallest absolute Gasteiger partial charge is 0.341 e. The van der Waals surface area contributed by atoms with E-state index in [1.54, 1.807) is 0 Å². The van der Waals surface area contributed by atoms with Crippen LogP contribution in [0.2, 0.25) is 0 Å². The van der Waals surface area contributed by atoms with Gasteiger partial charge in [-0.15, -0.1) is 0 Å². The highest BCUT2D eigenvalue weighted by atomic mass is 19.3. The van der Waals surface area contributed by atoms with Crippen molar-refractivity contribution >= 4 is 11.8 Å². The molecule has 0 spiro atoms. The van der Waals surface area contributed by atoms with Crippen LogP contribution in [0.3, 0.4) is 0 Å². The molecule has 24 heavy (non-hydrogen) atoms. The number of aromatic carboxylic acids is 1. The van der Waals surface area contributed by atoms with E-state index in [0.29, 0.717) is 0 Å². The fourth-order valence-electron chi connectivity index (χ4n) is 3.07. The van der Waals surface area contributed by atoms with Gasteiger partial charge in [-0.25, -0.2) is 18.3 Å². The Bertz CT molecular complexity index is 750. The van der Waals surface area contributed by atoms with Crippen molar-refractivity contribution in [3.63, 3.8) is 0 Å². The average molecular weight is 335 g/mol. The van der Waals surface area contributed by atoms with Crippen molar-refractivity contribution in [2.24, 2.45) is 0 Å². The van der Waals surface area contributed by atoms with Crippen LogP contribution < -0.4 is 5.32 Å². The van der Waals surface area contributed by atoms with Crippen molar-refractivity contribution in [2.75, 3.05) is 5.32 Å². The Morgan fingerprint density at radius 3 is 2.62 bits per heavy atom. The van der Waals surface area contributed by atoms with E-state index in [2.05, 4.69) is 10.4 Å². The highest BCUT2D eigenvalue weighted by Crippen LogP contribution is 2.43. The Labute approximate surface area is 138 Å². The Morgan fingerprint density at radius 2 is 2.08 bits per heavy atom. The van der Waals surface area contributed by atoms with E-state index in [0.717, 1.165) is 35.4 Å². The molecule has 1 aromatic carbocycles. The van der Waals surface area contributed by atoms with Gasteiger partial charge in [-0.2, -0.15) is 5.10 Å². The first-order chi connectivity index (χ1) is 11.3. The minimum Gasteiger partial charge on any atom is -0.477 e. The number of benzene rings is 1. The second-order valence-electron chi connectivity index (χ2n) is 6.16. The molecule has 7 heteroatoms. The number of hydrogen-bond acceptors (Lipinski definition) is 3. The molecule has 0 radical (unpaired) electrons. The second-order valence-corrected chi connectivity index (χ2v) is 6.16. The molecule has 2 aromatic rings. The maximum absolute atomic E-state index is 14.1. The summed E-state index contributed by atoms with van der Waals surface area (Å²) in [5.74, 6) is -4.07. The summed E-state index contributed by atoms with van der Waals surface area (Å²) in [6.45, 7) is 2.88. The molecular formula is C17H19F2N3O2. The first-order valence-electron chi connectivity index (χ1n) is 7.85. The molecule has 5 nitrogen and oxygen atoms in total. The van der Waals surface area contributed by atoms with Gasteiger partial charge in [0.1, 0.15) is 17.4 Å². The van der Waals surface area contributed by atoms with Gasteiger partial charge in [-0.3, -0.25) is 0 Å². The molecule has 2 heterocycles. The number of fused-ring (bicyclic) bond motifs is 1. The number of halogens is 2. The standard InChI is InChI=1S/C17H19F2N3O2/c1-3-10-4-6-11(7-5-10)13-8-14(17(2,18)19)22-15(21-13)12(9-20-22)16(23)24/h4-7,9,13-14,21H,3,8H2,1-2H3,(H,23,24)/t13-,14+/m0/s1. The lowest BCUT2D eigenvalue weighted by molar-refractivity contribution is -0.0438. The highest BCUT2D eigenvalue weighted by molar-refractivity contribution is 5.93. The third-order valence-electron chi connectivity index (χ3n) is 4.47. The highest BCUT2D eigenvalue weighted by Gasteiger charge is 2.43. The number of carboxylic acid groups (broad SMARTS) is 1. The largest absolute Gasteiger partial charge is 0.477 e. The normalized spacial score (nSPS) is 20.3. The topological polar surface area (TPSA) is 67.2 Å². The lowest BCUT2D eigenvalue weighted by Crippen LogP contribution is -2.36. The zero-order valence-corrected chi connectivity index (χ0v) is 13.5. The van der Waals surface area contributed by atoms with Gasteiger partial charge < -0.3 is 10.4 Å². The minimum absolute atomic E-state index is 0.0980. The molecule has 0 amide bonds. The third-order valence-corrected chi connectivity index (χ3v) is 4.47. The van der Waals surface area contributed by atoms with E-state index in [-0.39, 0.29) is 17.8 Å². The van der Waals surface area contributed by atoms with Crippen LogP contribution in [-0.2, 0) is 6.42 Å². The first-order valence-corrected chi connectivity index (χ1v) is 7.85. The van der Waals surface area contributed by atoms with E-state index in [1.807, 2.05) is 31.2 Å². The summed E-state index contributed by atoms with van der Waals surface area (Å²) in [7, 11) is 0. The Hall–Kier alpha value is -2.44. The average Bonchev–Trinajstić information content (AvgIpc) is 2.97. The van der Waals surface area contributed by atoms with Crippen LogP contribution in [0.25, 0.3) is 0 Å². The zero-order chi connectivity index (χ0) is 17.5. The number of carbonyl (C=O) groups is 1. The van der Waals surface area contributed by atoms with Crippen molar-refractivity contribution in [2.45, 2.75) is 44.7 Å². The molecule has 1 aliphatic rings. The lowest BCUT2D eigenvalue weighted by atomic mass is 9.93. The third kappa shape index (κ3) is 2.86. The van der Waals surface area contributed by atoms with Crippen LogP contribution in [0.5, 0.6) is 0 Å². The number of rotatable bonds is 4. The summed E-state index contributed by atoms with van der Waals surface area (Å²) in [6, 6.07) is 6.12. The molecule has 0 aliphatic carbocycles. The number of nitrogens with one attached hydrogen (secondary N) is 1. The van der Waals surface area contributed by atoms with Crippen LogP contribution in [0.15, 0.2) is 30.5 Å². The van der Waals surface area contributed by atoms with Gasteiger partial charge in [0.15, 0.2) is 0 Å². The molecule has 0 bridgehead atoms. The predicted molar refractivity (Wildman–Crippen MR) is 85.6 cm³/mol. The monoisotopic (exact) mass is 335 g/mol. The van der Waals surface area contributed by atoms with Crippen LogP contribution in [0.1, 0.15) is 53.8 Å². The van der Waals surface area contributed by atoms with Gasteiger partial charge in [-0.05, 0) is 17.5 Å². The SMILES string of the molecule is CCc1ccc([C@@H]2C[C@H](C(C)(F)F)n3ncc(C(=O)O)c3N2)cc1. The van der Waals surface area contributed by atoms with Gasteiger partial charge in [-0.1, -0.05) is 31.2 Å². The van der Waals surface area contributed by atoms with Crippen molar-refractivity contribution in [1.82, 2.24) is 9.78 Å². The molecule has 2 atom stereocenters. The molecule has 1 aromatic heterocycles. The number of hydrogen-bond donors (Lipinski definition) is 2. The summed E-state index contributed by atoms with van der Waals surface area (Å²) in [6.07, 6.45) is 2.14. The number of aryl methyl sites for hydroxylation is 1. The summed E-state index contributed by atoms with van der Waals surface area (Å²) in [5.41, 5.74) is 1.91. The van der Waals surface area contributed by atoms with E-state index in [9.17, 15) is 18.7 Å². The molecule has 0 saturated carbocycles. The fourth-order valence-corrected chi connectivity index (χ4v) is 3.07. The fraction of sp³-hybridized carbons (Fsp3) is 0.412. The van der Waals surface area contributed by atoms with Crippen LogP contribution >= 0.6 is 0 Å². The summed E-state index contributed by atoms with van der Waals surface area (Å²) >= 11 is 0. The lowest BCUT2D eigenvalue weighted by Gasteiger charge is -2.35. The number of nitrogens with zero attached hydrogens (tertiary/aromatic N) is 2. The Balaban J connectivity index is 2.02. The zero-order valence-electron chi connectivity index (χ0n) is 13.5. The van der Waals surface area contributed by atoms with Gasteiger partial charge in [0.05, 0.1) is 12.2 Å². The molecule has 0 saturated heterocycles. The van der Waals surface area contributed by atoms with Gasteiger partial charge >= 0.3 is 5.97 Å². The first kappa shape index (κ1) is 16.4. The van der Waals surface area contributed by atoms with Crippen LogP contribution in [0.4, 0.5) is 14.6 Å². The second kappa shape index (κ2) is 5.89. The predicted octanol–water partition coefficient (Wildman–Crippen LogP) is 3.90. The summed E-state index contributed by atoms with van der Waals surface area (Å²) < 4.78 is 29.2. The minimum atomic E-state index is -3.01. The number of anilines is 1. The van der Waals surface area contributed by atoms with E-state index in [1.165, 1.54) is 0 Å². The molecule has 1 aliphatic heterocycles. The molecule has 0 unspecified atom stereocenters. The number of aromatic nitrogens is 2. The molecule has 2 N–H and O–H groups in total. The van der Waals surface area contributed by atoms with Crippen molar-refractivity contribution in [1.29, 1.82) is 0 Å². The quantitative estimate of drug-likeness (QED) is 0.889. The van der Waals surface area contributed by atoms with E-state index < -0.39 is 24.0 Å². The summed E-state index contributed by atoms with van der Waals surface area (Å²) in [4.78, 5) is 11.3.